The van der Waals surface area contributed by atoms with E-state index < -0.39 is 12.6 Å². The molecule has 3 rings (SSSR count). The molecule has 35 heavy (non-hydrogen) atoms. The molecule has 0 radical (unpaired) electrons. The predicted octanol–water partition coefficient (Wildman–Crippen LogP) is 3.80. The van der Waals surface area contributed by atoms with Gasteiger partial charge in [-0.3, -0.25) is 9.69 Å². The summed E-state index contributed by atoms with van der Waals surface area (Å²) in [6.45, 7) is 6.84. The second-order valence-electron chi connectivity index (χ2n) is 8.57. The van der Waals surface area contributed by atoms with Crippen molar-refractivity contribution in [2.75, 3.05) is 26.3 Å². The van der Waals surface area contributed by atoms with Crippen molar-refractivity contribution in [1.82, 2.24) is 9.80 Å². The molecular formula is C25H29ClFN3O5. The molecule has 1 N–H and O–H groups in total. The first-order valence-electron chi connectivity index (χ1n) is 11.2. The molecule has 1 amide bonds. The average Bonchev–Trinajstić information content (AvgIpc) is 2.81. The normalized spacial score (nSPS) is 18.9. The summed E-state index contributed by atoms with van der Waals surface area (Å²) in [4.78, 5) is 32.5. The van der Waals surface area contributed by atoms with E-state index in [1.165, 1.54) is 12.1 Å². The molecular weight excluding hydrogens is 477 g/mol. The van der Waals surface area contributed by atoms with Gasteiger partial charge in [0.2, 0.25) is 6.61 Å². The zero-order valence-corrected chi connectivity index (χ0v) is 20.7. The molecule has 0 bridgehead atoms. The molecule has 0 aliphatic carbocycles. The van der Waals surface area contributed by atoms with Gasteiger partial charge in [-0.2, -0.15) is 0 Å². The number of carboxylic acid groups (broad SMARTS) is 1. The quantitative estimate of drug-likeness (QED) is 0.411. The lowest BCUT2D eigenvalue weighted by Crippen LogP contribution is -2.58. The zero-order valence-electron chi connectivity index (χ0n) is 19.9. The summed E-state index contributed by atoms with van der Waals surface area (Å²) < 4.78 is 19.0. The van der Waals surface area contributed by atoms with E-state index in [0.717, 1.165) is 5.56 Å². The van der Waals surface area contributed by atoms with E-state index >= 15 is 0 Å². The maximum atomic E-state index is 13.2. The van der Waals surface area contributed by atoms with Gasteiger partial charge in [0, 0.05) is 42.3 Å². The summed E-state index contributed by atoms with van der Waals surface area (Å²) in [5.74, 6) is -1.17. The van der Waals surface area contributed by atoms with E-state index in [-0.39, 0.29) is 30.4 Å². The van der Waals surface area contributed by atoms with E-state index in [4.69, 9.17) is 26.3 Å². The Hall–Kier alpha value is -3.17. The third-order valence-corrected chi connectivity index (χ3v) is 6.04. The molecule has 8 nitrogen and oxygen atoms in total. The van der Waals surface area contributed by atoms with Crippen molar-refractivity contribution >= 4 is 29.2 Å². The summed E-state index contributed by atoms with van der Waals surface area (Å²) in [6, 6.07) is 11.4. The number of carboxylic acids is 1. The van der Waals surface area contributed by atoms with Crippen LogP contribution in [-0.4, -0.2) is 70.9 Å². The van der Waals surface area contributed by atoms with Crippen LogP contribution in [0.15, 0.2) is 47.6 Å². The first-order valence-corrected chi connectivity index (χ1v) is 11.6. The summed E-state index contributed by atoms with van der Waals surface area (Å²) in [7, 11) is 0. The van der Waals surface area contributed by atoms with Crippen LogP contribution in [0.5, 0.6) is 5.75 Å². The Labute approximate surface area is 208 Å². The summed E-state index contributed by atoms with van der Waals surface area (Å²) in [5, 5.41) is 12.9. The van der Waals surface area contributed by atoms with Gasteiger partial charge in [0.1, 0.15) is 11.6 Å². The molecule has 1 heterocycles. The Balaban J connectivity index is 1.61. The van der Waals surface area contributed by atoms with Gasteiger partial charge in [0.05, 0.1) is 5.71 Å². The topological polar surface area (TPSA) is 91.7 Å². The number of piperazine rings is 1. The van der Waals surface area contributed by atoms with Crippen LogP contribution in [0.3, 0.4) is 0 Å². The second kappa shape index (κ2) is 12.0. The zero-order chi connectivity index (χ0) is 25.5. The third kappa shape index (κ3) is 7.40. The van der Waals surface area contributed by atoms with Crippen LogP contribution in [0, 0.1) is 5.82 Å². The number of oxime groups is 1. The van der Waals surface area contributed by atoms with Crippen molar-refractivity contribution in [1.29, 1.82) is 0 Å². The number of rotatable bonds is 9. The highest BCUT2D eigenvalue weighted by molar-refractivity contribution is 6.31. The van der Waals surface area contributed by atoms with Crippen molar-refractivity contribution in [3.63, 3.8) is 0 Å². The molecule has 2 aromatic carbocycles. The lowest BCUT2D eigenvalue weighted by Gasteiger charge is -2.44. The maximum absolute atomic E-state index is 13.2. The van der Waals surface area contributed by atoms with Gasteiger partial charge < -0.3 is 19.6 Å². The van der Waals surface area contributed by atoms with Gasteiger partial charge in [-0.15, -0.1) is 0 Å². The lowest BCUT2D eigenvalue weighted by atomic mass is 10.1. The predicted molar refractivity (Wildman–Crippen MR) is 130 cm³/mol. The van der Waals surface area contributed by atoms with E-state index in [1.54, 1.807) is 42.2 Å². The lowest BCUT2D eigenvalue weighted by molar-refractivity contribution is -0.142. The minimum Gasteiger partial charge on any atom is -0.483 e. The van der Waals surface area contributed by atoms with Crippen molar-refractivity contribution in [3.8, 4) is 5.75 Å². The van der Waals surface area contributed by atoms with Gasteiger partial charge in [-0.25, -0.2) is 9.18 Å². The number of hydrogen-bond acceptors (Lipinski definition) is 6. The molecule has 0 unspecified atom stereocenters. The Morgan fingerprint density at radius 2 is 1.83 bits per heavy atom. The average molecular weight is 506 g/mol. The van der Waals surface area contributed by atoms with Crippen molar-refractivity contribution in [2.45, 2.75) is 39.4 Å². The molecule has 2 atom stereocenters. The second-order valence-corrected chi connectivity index (χ2v) is 9.01. The van der Waals surface area contributed by atoms with Gasteiger partial charge >= 0.3 is 5.97 Å². The molecule has 1 saturated heterocycles. The summed E-state index contributed by atoms with van der Waals surface area (Å²) in [5.41, 5.74) is 1.89. The minimum absolute atomic E-state index is 0.0276. The first kappa shape index (κ1) is 26.4. The minimum atomic E-state index is -1.14. The van der Waals surface area contributed by atoms with Crippen molar-refractivity contribution in [3.05, 3.63) is 64.4 Å². The molecule has 2 aromatic rings. The first-order chi connectivity index (χ1) is 16.6. The van der Waals surface area contributed by atoms with Crippen LogP contribution in [0.25, 0.3) is 0 Å². The summed E-state index contributed by atoms with van der Waals surface area (Å²) in [6.07, 6.45) is 0. The number of carbonyl (C=O) groups is 2. The SMILES string of the molecule is CC(=NOCC(=O)O)c1cc(Cl)ccc1OCC(=O)N1C[C@H](C)N(Cc2ccc(F)cc2)C[C@H]1C. The highest BCUT2D eigenvalue weighted by Gasteiger charge is 2.32. The van der Waals surface area contributed by atoms with E-state index in [9.17, 15) is 14.0 Å². The molecule has 0 aromatic heterocycles. The highest BCUT2D eigenvalue weighted by Crippen LogP contribution is 2.25. The fourth-order valence-corrected chi connectivity index (χ4v) is 4.13. The number of carbonyl (C=O) groups excluding carboxylic acids is 1. The van der Waals surface area contributed by atoms with E-state index in [2.05, 4.69) is 17.0 Å². The Morgan fingerprint density at radius 3 is 2.51 bits per heavy atom. The third-order valence-electron chi connectivity index (χ3n) is 5.81. The Morgan fingerprint density at radius 1 is 1.11 bits per heavy atom. The molecule has 1 aliphatic heterocycles. The maximum Gasteiger partial charge on any atom is 0.344 e. The number of halogens is 2. The van der Waals surface area contributed by atoms with Gasteiger partial charge in [-0.1, -0.05) is 28.9 Å². The molecule has 1 aliphatic rings. The number of aliphatic carboxylic acids is 1. The Kier molecular flexibility index (Phi) is 9.06. The largest absolute Gasteiger partial charge is 0.483 e. The Bertz CT molecular complexity index is 1080. The molecule has 1 fully saturated rings. The van der Waals surface area contributed by atoms with Crippen LogP contribution in [0.2, 0.25) is 5.02 Å². The highest BCUT2D eigenvalue weighted by atomic mass is 35.5. The fraction of sp³-hybridized carbons (Fsp3) is 0.400. The van der Waals surface area contributed by atoms with Crippen LogP contribution in [0.4, 0.5) is 4.39 Å². The van der Waals surface area contributed by atoms with E-state index in [1.807, 2.05) is 6.92 Å². The summed E-state index contributed by atoms with van der Waals surface area (Å²) >= 11 is 6.10. The fourth-order valence-electron chi connectivity index (χ4n) is 3.96. The monoisotopic (exact) mass is 505 g/mol. The van der Waals surface area contributed by atoms with Crippen LogP contribution in [0.1, 0.15) is 31.9 Å². The van der Waals surface area contributed by atoms with Gasteiger partial charge in [0.15, 0.2) is 6.61 Å². The van der Waals surface area contributed by atoms with Crippen LogP contribution in [-0.2, 0) is 21.0 Å². The van der Waals surface area contributed by atoms with Crippen LogP contribution >= 0.6 is 11.6 Å². The van der Waals surface area contributed by atoms with Crippen LogP contribution < -0.4 is 4.74 Å². The molecule has 188 valence electrons. The number of nitrogens with zero attached hydrogens (tertiary/aromatic N) is 3. The smallest absolute Gasteiger partial charge is 0.344 e. The number of amides is 1. The molecule has 10 heteroatoms. The van der Waals surface area contributed by atoms with Gasteiger partial charge in [0.25, 0.3) is 5.91 Å². The number of hydrogen-bond donors (Lipinski definition) is 1. The number of ether oxygens (including phenoxy) is 1. The van der Waals surface area contributed by atoms with Crippen molar-refractivity contribution in [2.24, 2.45) is 5.16 Å². The van der Waals surface area contributed by atoms with Crippen molar-refractivity contribution < 1.29 is 28.7 Å². The van der Waals surface area contributed by atoms with Gasteiger partial charge in [-0.05, 0) is 56.7 Å². The van der Waals surface area contributed by atoms with E-state index in [0.29, 0.717) is 41.7 Å². The molecule has 0 saturated carbocycles. The standard InChI is InChI=1S/C25H29ClFN3O5/c1-16-12-30(17(2)11-29(16)13-19-4-7-21(27)8-5-19)24(31)14-34-23-9-6-20(26)10-22(23)18(3)28-35-15-25(32)33/h4-10,16-17H,11-15H2,1-3H3,(H,32,33)/t16-,17+/m0/s1. The molecule has 0 spiro atoms. The number of benzene rings is 2.